The summed E-state index contributed by atoms with van der Waals surface area (Å²) in [6, 6.07) is 3.17. The molecule has 0 aliphatic heterocycles. The molecule has 1 N–H and O–H groups in total. The molecule has 1 rings (SSSR count). The first-order valence-electron chi connectivity index (χ1n) is 5.22. The van der Waals surface area contributed by atoms with Crippen LogP contribution in [0.4, 0.5) is 4.39 Å². The molecule has 5 heteroatoms. The minimum Gasteiger partial charge on any atom is -0.481 e. The summed E-state index contributed by atoms with van der Waals surface area (Å²) in [5.41, 5.74) is 1.22. The summed E-state index contributed by atoms with van der Waals surface area (Å²) >= 11 is 5.75. The molecule has 1 aromatic rings. The average molecular weight is 261 g/mol. The molecular weight excluding hydrogens is 247 g/mol. The van der Waals surface area contributed by atoms with Crippen LogP contribution in [0.3, 0.4) is 0 Å². The van der Waals surface area contributed by atoms with Crippen molar-refractivity contribution in [2.24, 2.45) is 0 Å². The third kappa shape index (κ3) is 4.32. The predicted molar refractivity (Wildman–Crippen MR) is 62.7 cm³/mol. The maximum absolute atomic E-state index is 13.6. The molecular formula is C12H14ClFO3. The maximum atomic E-state index is 13.6. The van der Waals surface area contributed by atoms with E-state index in [-0.39, 0.29) is 11.4 Å². The topological polar surface area (TPSA) is 46.5 Å². The van der Waals surface area contributed by atoms with E-state index < -0.39 is 11.8 Å². The lowest BCUT2D eigenvalue weighted by atomic mass is 10.0. The van der Waals surface area contributed by atoms with Crippen LogP contribution < -0.4 is 0 Å². The van der Waals surface area contributed by atoms with Crippen molar-refractivity contribution in [2.45, 2.75) is 25.9 Å². The van der Waals surface area contributed by atoms with Gasteiger partial charge in [0.25, 0.3) is 0 Å². The Labute approximate surface area is 104 Å². The molecule has 3 nitrogen and oxygen atoms in total. The van der Waals surface area contributed by atoms with Gasteiger partial charge in [-0.3, -0.25) is 4.79 Å². The fourth-order valence-corrected chi connectivity index (χ4v) is 1.83. The van der Waals surface area contributed by atoms with E-state index in [2.05, 4.69) is 0 Å². The van der Waals surface area contributed by atoms with Crippen molar-refractivity contribution in [3.8, 4) is 0 Å². The third-order valence-corrected chi connectivity index (χ3v) is 2.59. The highest BCUT2D eigenvalue weighted by molar-refractivity contribution is 6.30. The lowest BCUT2D eigenvalue weighted by Gasteiger charge is -2.08. The number of hydrogen-bond donors (Lipinski definition) is 1. The third-order valence-electron chi connectivity index (χ3n) is 2.31. The van der Waals surface area contributed by atoms with Gasteiger partial charge in [0.05, 0.1) is 11.6 Å². The van der Waals surface area contributed by atoms with Crippen LogP contribution in [-0.4, -0.2) is 18.2 Å². The average Bonchev–Trinajstić information content (AvgIpc) is 2.24. The molecule has 0 spiro atoms. The summed E-state index contributed by atoms with van der Waals surface area (Å²) in [6.45, 7) is 0.353. The fraction of sp³-hybridized carbons (Fsp3) is 0.417. The van der Waals surface area contributed by atoms with E-state index in [0.29, 0.717) is 25.0 Å². The summed E-state index contributed by atoms with van der Waals surface area (Å²) < 4.78 is 18.6. The number of benzene rings is 1. The standard InChI is InChI=1S/C12H14ClFO3/c1-17-7-8-5-9(3-2-4-11(15)16)12(14)10(13)6-8/h5-6H,2-4,7H2,1H3,(H,15,16). The second-order valence-corrected chi connectivity index (χ2v) is 4.14. The number of carboxylic acid groups (broad SMARTS) is 1. The van der Waals surface area contributed by atoms with E-state index in [4.69, 9.17) is 21.4 Å². The van der Waals surface area contributed by atoms with Crippen molar-refractivity contribution < 1.29 is 19.0 Å². The molecule has 0 bridgehead atoms. The Kier molecular flexibility index (Phi) is 5.38. The molecule has 0 fully saturated rings. The lowest BCUT2D eigenvalue weighted by Crippen LogP contribution is -2.00. The van der Waals surface area contributed by atoms with Crippen LogP contribution in [0.15, 0.2) is 12.1 Å². The van der Waals surface area contributed by atoms with Gasteiger partial charge in [-0.25, -0.2) is 4.39 Å². The summed E-state index contributed by atoms with van der Waals surface area (Å²) in [4.78, 5) is 10.4. The molecule has 0 saturated heterocycles. The predicted octanol–water partition coefficient (Wildman–Crippen LogP) is 3.03. The first-order chi connectivity index (χ1) is 8.04. The Bertz CT molecular complexity index is 407. The van der Waals surface area contributed by atoms with Crippen molar-refractivity contribution in [2.75, 3.05) is 7.11 Å². The van der Waals surface area contributed by atoms with Crippen molar-refractivity contribution in [3.05, 3.63) is 34.1 Å². The van der Waals surface area contributed by atoms with Crippen molar-refractivity contribution in [1.29, 1.82) is 0 Å². The van der Waals surface area contributed by atoms with Gasteiger partial charge in [-0.2, -0.15) is 0 Å². The van der Waals surface area contributed by atoms with Gasteiger partial charge in [0.2, 0.25) is 0 Å². The molecule has 0 aliphatic rings. The highest BCUT2D eigenvalue weighted by Crippen LogP contribution is 2.22. The van der Waals surface area contributed by atoms with E-state index in [1.54, 1.807) is 13.2 Å². The minimum atomic E-state index is -0.885. The first-order valence-corrected chi connectivity index (χ1v) is 5.60. The summed E-state index contributed by atoms with van der Waals surface area (Å²) in [6.07, 6.45) is 0.764. The van der Waals surface area contributed by atoms with Crippen LogP contribution >= 0.6 is 11.6 Å². The molecule has 0 aromatic heterocycles. The van der Waals surface area contributed by atoms with Gasteiger partial charge < -0.3 is 9.84 Å². The molecule has 17 heavy (non-hydrogen) atoms. The molecule has 0 heterocycles. The van der Waals surface area contributed by atoms with Crippen LogP contribution in [-0.2, 0) is 22.6 Å². The zero-order valence-electron chi connectivity index (χ0n) is 9.50. The summed E-state index contributed by atoms with van der Waals surface area (Å²) in [5.74, 6) is -1.36. The Hall–Kier alpha value is -1.13. The normalized spacial score (nSPS) is 10.5. The number of carbonyl (C=O) groups is 1. The zero-order valence-corrected chi connectivity index (χ0v) is 10.3. The number of aliphatic carboxylic acids is 1. The van der Waals surface area contributed by atoms with Gasteiger partial charge in [-0.05, 0) is 30.0 Å². The summed E-state index contributed by atoms with van der Waals surface area (Å²) in [5, 5.41) is 8.56. The molecule has 0 saturated carbocycles. The molecule has 94 valence electrons. The molecule has 0 radical (unpaired) electrons. The number of hydrogen-bond acceptors (Lipinski definition) is 2. The number of rotatable bonds is 6. The number of carboxylic acids is 1. The summed E-state index contributed by atoms with van der Waals surface area (Å²) in [7, 11) is 1.54. The van der Waals surface area contributed by atoms with Crippen molar-refractivity contribution in [3.63, 3.8) is 0 Å². The number of ether oxygens (including phenoxy) is 1. The monoisotopic (exact) mass is 260 g/mol. The SMILES string of the molecule is COCc1cc(Cl)c(F)c(CCCC(=O)O)c1. The highest BCUT2D eigenvalue weighted by Gasteiger charge is 2.10. The van der Waals surface area contributed by atoms with Gasteiger partial charge in [0, 0.05) is 13.5 Å². The van der Waals surface area contributed by atoms with Gasteiger partial charge in [0.1, 0.15) is 5.82 Å². The maximum Gasteiger partial charge on any atom is 0.303 e. The highest BCUT2D eigenvalue weighted by atomic mass is 35.5. The Morgan fingerprint density at radius 2 is 2.24 bits per heavy atom. The van der Waals surface area contributed by atoms with Gasteiger partial charge in [-0.15, -0.1) is 0 Å². The van der Waals surface area contributed by atoms with Gasteiger partial charge in [0.15, 0.2) is 0 Å². The van der Waals surface area contributed by atoms with Gasteiger partial charge >= 0.3 is 5.97 Å². The largest absolute Gasteiger partial charge is 0.481 e. The lowest BCUT2D eigenvalue weighted by molar-refractivity contribution is -0.137. The van der Waals surface area contributed by atoms with Crippen LogP contribution in [0.1, 0.15) is 24.0 Å². The molecule has 0 atom stereocenters. The first kappa shape index (κ1) is 13.9. The van der Waals surface area contributed by atoms with Crippen LogP contribution in [0, 0.1) is 5.82 Å². The van der Waals surface area contributed by atoms with Crippen LogP contribution in [0.5, 0.6) is 0 Å². The van der Waals surface area contributed by atoms with E-state index in [0.717, 1.165) is 5.56 Å². The van der Waals surface area contributed by atoms with E-state index in [1.165, 1.54) is 6.07 Å². The van der Waals surface area contributed by atoms with E-state index in [9.17, 15) is 9.18 Å². The second kappa shape index (κ2) is 6.57. The van der Waals surface area contributed by atoms with Gasteiger partial charge in [-0.1, -0.05) is 17.7 Å². The Morgan fingerprint density at radius 1 is 1.53 bits per heavy atom. The van der Waals surface area contributed by atoms with Crippen LogP contribution in [0.25, 0.3) is 0 Å². The number of halogens is 2. The quantitative estimate of drug-likeness (QED) is 0.855. The minimum absolute atomic E-state index is 0.0194. The molecule has 0 amide bonds. The fourth-order valence-electron chi connectivity index (χ4n) is 1.57. The van der Waals surface area contributed by atoms with Crippen molar-refractivity contribution in [1.82, 2.24) is 0 Å². The molecule has 0 unspecified atom stereocenters. The zero-order chi connectivity index (χ0) is 12.8. The van der Waals surface area contributed by atoms with E-state index >= 15 is 0 Å². The number of aryl methyl sites for hydroxylation is 1. The molecule has 1 aromatic carbocycles. The Balaban J connectivity index is 2.78. The molecule has 0 aliphatic carbocycles. The Morgan fingerprint density at radius 3 is 2.82 bits per heavy atom. The smallest absolute Gasteiger partial charge is 0.303 e. The van der Waals surface area contributed by atoms with E-state index in [1.807, 2.05) is 0 Å². The van der Waals surface area contributed by atoms with Crippen LogP contribution in [0.2, 0.25) is 5.02 Å². The van der Waals surface area contributed by atoms with Crippen molar-refractivity contribution >= 4 is 17.6 Å². The number of methoxy groups -OCH3 is 1. The second-order valence-electron chi connectivity index (χ2n) is 3.73.